The molecule has 0 amide bonds. The zero-order valence-corrected chi connectivity index (χ0v) is 27.7. The Morgan fingerprint density at radius 3 is 2.33 bits per heavy atom. The van der Waals surface area contributed by atoms with Gasteiger partial charge >= 0.3 is 0 Å². The minimum atomic E-state index is 0.0621. The predicted molar refractivity (Wildman–Crippen MR) is 168 cm³/mol. The van der Waals surface area contributed by atoms with Crippen molar-refractivity contribution in [1.82, 2.24) is 15.0 Å². The summed E-state index contributed by atoms with van der Waals surface area (Å²) in [7, 11) is 0. The van der Waals surface area contributed by atoms with Crippen LogP contribution >= 0.6 is 0 Å². The maximum atomic E-state index is 6.80. The minimum Gasteiger partial charge on any atom is -0.377 e. The van der Waals surface area contributed by atoms with E-state index in [1.807, 2.05) is 0 Å². The summed E-state index contributed by atoms with van der Waals surface area (Å²) in [5.41, 5.74) is 7.19. The summed E-state index contributed by atoms with van der Waals surface area (Å²) in [6, 6.07) is 8.96. The van der Waals surface area contributed by atoms with E-state index in [1.54, 1.807) is 0 Å². The van der Waals surface area contributed by atoms with Crippen LogP contribution in [0, 0.1) is 57.7 Å². The van der Waals surface area contributed by atoms with Crippen molar-refractivity contribution in [2.24, 2.45) is 50.7 Å². The second-order valence-electron chi connectivity index (χ2n) is 18.2. The van der Waals surface area contributed by atoms with E-state index in [9.17, 15) is 0 Å². The molecule has 228 valence electrons. The summed E-state index contributed by atoms with van der Waals surface area (Å²) >= 11 is 0. The van der Waals surface area contributed by atoms with Crippen molar-refractivity contribution in [1.29, 1.82) is 0 Å². The molecule has 4 nitrogen and oxygen atoms in total. The van der Waals surface area contributed by atoms with Gasteiger partial charge in [0, 0.05) is 5.41 Å². The lowest BCUT2D eigenvalue weighted by Gasteiger charge is -2.72. The molecule has 2 bridgehead atoms. The number of hydrogen-bond acceptors (Lipinski definition) is 3. The predicted octanol–water partition coefficient (Wildman–Crippen LogP) is 8.54. The zero-order valence-electron chi connectivity index (χ0n) is 27.7. The van der Waals surface area contributed by atoms with Crippen molar-refractivity contribution in [3.05, 3.63) is 46.8 Å². The topological polar surface area (TPSA) is 39.9 Å². The normalized spacial score (nSPS) is 46.1. The van der Waals surface area contributed by atoms with E-state index in [4.69, 9.17) is 15.0 Å². The number of fused-ring (bicyclic) bond motifs is 6. The van der Waals surface area contributed by atoms with Crippen molar-refractivity contribution in [3.63, 3.8) is 0 Å². The van der Waals surface area contributed by atoms with Gasteiger partial charge in [-0.3, -0.25) is 0 Å². The molecule has 6 aliphatic rings. The molecule has 1 aromatic heterocycles. The fourth-order valence-corrected chi connectivity index (χ4v) is 13.4. The molecule has 5 fully saturated rings. The third kappa shape index (κ3) is 3.34. The van der Waals surface area contributed by atoms with Gasteiger partial charge in [-0.1, -0.05) is 83.5 Å². The molecule has 4 heteroatoms. The van der Waals surface area contributed by atoms with Gasteiger partial charge in [0.1, 0.15) is 0 Å². The smallest absolute Gasteiger partial charge is 0.0870 e. The number of benzene rings is 1. The molecule has 2 aromatic rings. The average molecular weight is 570 g/mol. The van der Waals surface area contributed by atoms with Crippen LogP contribution in [-0.2, 0) is 23.1 Å². The fraction of sp³-hybridized carbons (Fsp3) is 0.789. The van der Waals surface area contributed by atoms with Crippen LogP contribution in [0.15, 0.2) is 24.3 Å². The number of nitrogens with zero attached hydrogens (tertiary/aromatic N) is 3. The van der Waals surface area contributed by atoms with Gasteiger partial charge in [0.2, 0.25) is 0 Å². The van der Waals surface area contributed by atoms with Gasteiger partial charge in [-0.2, -0.15) is 0 Å². The van der Waals surface area contributed by atoms with Crippen LogP contribution in [0.2, 0.25) is 0 Å². The molecule has 2 heterocycles. The molecule has 0 radical (unpaired) electrons. The highest BCUT2D eigenvalue weighted by Gasteiger charge is 2.72. The lowest BCUT2D eigenvalue weighted by molar-refractivity contribution is -0.233. The highest BCUT2D eigenvalue weighted by Crippen LogP contribution is 2.77. The number of hydrogen-bond donors (Lipinski definition) is 0. The van der Waals surface area contributed by atoms with E-state index >= 15 is 0 Å². The first-order valence-corrected chi connectivity index (χ1v) is 17.4. The first-order chi connectivity index (χ1) is 19.8. The third-order valence-corrected chi connectivity index (χ3v) is 15.7. The zero-order chi connectivity index (χ0) is 29.5. The van der Waals surface area contributed by atoms with Gasteiger partial charge in [0.25, 0.3) is 0 Å². The van der Waals surface area contributed by atoms with Crippen molar-refractivity contribution in [2.75, 3.05) is 6.61 Å². The van der Waals surface area contributed by atoms with E-state index in [0.29, 0.717) is 33.7 Å². The van der Waals surface area contributed by atoms with Crippen molar-refractivity contribution in [3.8, 4) is 0 Å². The summed E-state index contributed by atoms with van der Waals surface area (Å²) in [5.74, 6) is 2.97. The van der Waals surface area contributed by atoms with E-state index in [2.05, 4.69) is 84.3 Å². The van der Waals surface area contributed by atoms with Crippen LogP contribution in [-0.4, -0.2) is 27.7 Å². The molecule has 0 spiro atoms. The molecular formula is C38H55N3O. The van der Waals surface area contributed by atoms with Gasteiger partial charge in [0.05, 0.1) is 30.6 Å². The number of aryl methyl sites for hydroxylation is 1. The molecule has 1 aliphatic heterocycles. The minimum absolute atomic E-state index is 0.0621. The Balaban J connectivity index is 1.15. The lowest BCUT2D eigenvalue weighted by atomic mass is 9.31. The monoisotopic (exact) mass is 569 g/mol. The largest absolute Gasteiger partial charge is 0.377 e. The summed E-state index contributed by atoms with van der Waals surface area (Å²) in [6.07, 6.45) is 12.6. The first-order valence-electron chi connectivity index (χ1n) is 17.4. The molecular weight excluding hydrogens is 514 g/mol. The van der Waals surface area contributed by atoms with Crippen LogP contribution in [0.3, 0.4) is 0 Å². The summed E-state index contributed by atoms with van der Waals surface area (Å²) in [6.45, 7) is 22.3. The van der Waals surface area contributed by atoms with Crippen molar-refractivity contribution >= 4 is 0 Å². The van der Waals surface area contributed by atoms with Gasteiger partial charge in [-0.05, 0) is 121 Å². The molecule has 0 unspecified atom stereocenters. The Kier molecular flexibility index (Phi) is 5.65. The second-order valence-corrected chi connectivity index (χ2v) is 18.2. The second kappa shape index (κ2) is 8.52. The molecule has 0 N–H and O–H groups in total. The van der Waals surface area contributed by atoms with Crippen molar-refractivity contribution < 1.29 is 4.74 Å². The molecule has 5 aliphatic carbocycles. The summed E-state index contributed by atoms with van der Waals surface area (Å²) in [5, 5.41) is 9.79. The van der Waals surface area contributed by atoms with Crippen LogP contribution < -0.4 is 0 Å². The van der Waals surface area contributed by atoms with Crippen LogP contribution in [0.1, 0.15) is 122 Å². The molecule has 1 aromatic carbocycles. The Hall–Kier alpha value is -1.68. The number of rotatable bonds is 2. The molecule has 42 heavy (non-hydrogen) atoms. The van der Waals surface area contributed by atoms with Gasteiger partial charge in [0.15, 0.2) is 0 Å². The molecule has 9 atom stereocenters. The third-order valence-electron chi connectivity index (χ3n) is 15.7. The van der Waals surface area contributed by atoms with E-state index in [1.165, 1.54) is 73.9 Å². The summed E-state index contributed by atoms with van der Waals surface area (Å²) < 4.78 is 9.05. The Morgan fingerprint density at radius 1 is 0.833 bits per heavy atom. The Labute approximate surface area is 254 Å². The first kappa shape index (κ1) is 27.8. The maximum absolute atomic E-state index is 6.80. The van der Waals surface area contributed by atoms with Gasteiger partial charge in [-0.25, -0.2) is 4.68 Å². The molecule has 1 saturated heterocycles. The Bertz CT molecular complexity index is 1410. The quantitative estimate of drug-likeness (QED) is 0.364. The van der Waals surface area contributed by atoms with Gasteiger partial charge in [-0.15, -0.1) is 5.10 Å². The fourth-order valence-electron chi connectivity index (χ4n) is 13.4. The van der Waals surface area contributed by atoms with Crippen LogP contribution in [0.4, 0.5) is 0 Å². The van der Waals surface area contributed by atoms with Crippen molar-refractivity contribution in [2.45, 2.75) is 131 Å². The molecule has 4 saturated carbocycles. The SMILES string of the molecule is Cc1ccc(Cn2nnc3c2C(C)(C)[C@@H]2CC[C@]4(C)[C@H](CC[C@@H]5[C@H]6[C@H]7OC[C@@]6(CCC7(C)C)CC[C@]54C)[C@@]2(C)C3)cc1. The number of aromatic nitrogens is 3. The van der Waals surface area contributed by atoms with E-state index in [-0.39, 0.29) is 10.8 Å². The molecule has 8 rings (SSSR count). The summed E-state index contributed by atoms with van der Waals surface area (Å²) in [4.78, 5) is 0. The van der Waals surface area contributed by atoms with Crippen LogP contribution in [0.5, 0.6) is 0 Å². The lowest BCUT2D eigenvalue weighted by Crippen LogP contribution is -2.67. The van der Waals surface area contributed by atoms with Crippen LogP contribution in [0.25, 0.3) is 0 Å². The van der Waals surface area contributed by atoms with E-state index in [0.717, 1.165) is 37.3 Å². The standard InChI is InChI=1S/C38H55N3O/c1-24-9-11-25(12-10-24)22-41-31-27(39-40-41)21-35(6)28(34(31,4)5)15-16-37(8)29(35)14-13-26-30-32-33(2,3)17-19-38(30,23-42-32)20-18-36(26,37)7/h9-12,26,28-30,32H,13-23H2,1-8H3/t26-,28+,29-,30+,32-,35+,36-,37-,38-/m1/s1. The average Bonchev–Trinajstić information content (AvgIpc) is 3.48. The highest BCUT2D eigenvalue weighted by molar-refractivity contribution is 5.33. The Morgan fingerprint density at radius 2 is 1.57 bits per heavy atom. The maximum Gasteiger partial charge on any atom is 0.0870 e. The van der Waals surface area contributed by atoms with Gasteiger partial charge < -0.3 is 4.74 Å². The van der Waals surface area contributed by atoms with E-state index < -0.39 is 0 Å². The highest BCUT2D eigenvalue weighted by atomic mass is 16.5. The number of ether oxygens (including phenoxy) is 1.